The van der Waals surface area contributed by atoms with E-state index < -0.39 is 17.8 Å². The third kappa shape index (κ3) is 2.36. The van der Waals surface area contributed by atoms with E-state index in [4.69, 9.17) is 0 Å². The first-order valence-electron chi connectivity index (χ1n) is 5.05. The van der Waals surface area contributed by atoms with Crippen LogP contribution in [-0.4, -0.2) is 17.8 Å². The zero-order chi connectivity index (χ0) is 11.8. The average molecular weight is 231 g/mol. The molecule has 1 aliphatic rings. The van der Waals surface area contributed by atoms with E-state index in [2.05, 4.69) is 5.32 Å². The number of halogens is 3. The molecule has 0 unspecified atom stereocenters. The van der Waals surface area contributed by atoms with Crippen LogP contribution in [0.15, 0.2) is 24.3 Å². The summed E-state index contributed by atoms with van der Waals surface area (Å²) in [5.41, 5.74) is 0.138. The molecule has 0 aliphatic carbocycles. The molecule has 1 saturated heterocycles. The molecular formula is C11H12F3NO. The van der Waals surface area contributed by atoms with Crippen LogP contribution in [0.4, 0.5) is 13.2 Å². The van der Waals surface area contributed by atoms with E-state index in [9.17, 15) is 18.3 Å². The number of aliphatic hydroxyl groups is 1. The highest BCUT2D eigenvalue weighted by Gasteiger charge is 2.30. The Morgan fingerprint density at radius 2 is 1.81 bits per heavy atom. The van der Waals surface area contributed by atoms with Gasteiger partial charge in [-0.3, -0.25) is 0 Å². The first-order valence-corrected chi connectivity index (χ1v) is 5.05. The molecule has 0 saturated carbocycles. The lowest BCUT2D eigenvalue weighted by molar-refractivity contribution is -0.137. The van der Waals surface area contributed by atoms with Crippen LogP contribution in [0.1, 0.15) is 23.6 Å². The van der Waals surface area contributed by atoms with E-state index >= 15 is 0 Å². The number of aliphatic hydroxyl groups excluding tert-OH is 1. The minimum absolute atomic E-state index is 0.0442. The van der Waals surface area contributed by atoms with Gasteiger partial charge in [0.15, 0.2) is 0 Å². The van der Waals surface area contributed by atoms with E-state index in [-0.39, 0.29) is 6.04 Å². The monoisotopic (exact) mass is 231 g/mol. The maximum Gasteiger partial charge on any atom is 0.416 e. The first-order chi connectivity index (χ1) is 7.47. The van der Waals surface area contributed by atoms with Crippen LogP contribution in [0.5, 0.6) is 0 Å². The minimum Gasteiger partial charge on any atom is -0.392 e. The predicted octanol–water partition coefficient (Wildman–Crippen LogP) is 2.10. The van der Waals surface area contributed by atoms with Crippen LogP contribution >= 0.6 is 0 Å². The molecule has 2 atom stereocenters. The molecule has 1 fully saturated rings. The molecule has 2 N–H and O–H groups in total. The van der Waals surface area contributed by atoms with E-state index in [1.165, 1.54) is 12.1 Å². The summed E-state index contributed by atoms with van der Waals surface area (Å²) >= 11 is 0. The van der Waals surface area contributed by atoms with Crippen molar-refractivity contribution in [2.45, 2.75) is 24.7 Å². The lowest BCUT2D eigenvalue weighted by atomic mass is 10.0. The summed E-state index contributed by atoms with van der Waals surface area (Å²) in [4.78, 5) is 0. The zero-order valence-corrected chi connectivity index (χ0v) is 8.46. The molecule has 1 aromatic rings. The van der Waals surface area contributed by atoms with Crippen LogP contribution in [-0.2, 0) is 6.18 Å². The Morgan fingerprint density at radius 1 is 1.19 bits per heavy atom. The summed E-state index contributed by atoms with van der Waals surface area (Å²) < 4.78 is 36.9. The molecule has 0 spiro atoms. The highest BCUT2D eigenvalue weighted by molar-refractivity contribution is 5.27. The maximum atomic E-state index is 12.3. The van der Waals surface area contributed by atoms with Gasteiger partial charge in [0, 0.05) is 12.6 Å². The van der Waals surface area contributed by atoms with Crippen molar-refractivity contribution in [2.75, 3.05) is 6.54 Å². The van der Waals surface area contributed by atoms with Crippen LogP contribution < -0.4 is 5.32 Å². The van der Waals surface area contributed by atoms with Crippen molar-refractivity contribution in [3.05, 3.63) is 35.4 Å². The third-order valence-corrected chi connectivity index (χ3v) is 2.75. The second-order valence-corrected chi connectivity index (χ2v) is 3.97. The van der Waals surface area contributed by atoms with E-state index in [1.54, 1.807) is 0 Å². The molecule has 88 valence electrons. The van der Waals surface area contributed by atoms with Gasteiger partial charge >= 0.3 is 6.18 Å². The fourth-order valence-electron chi connectivity index (χ4n) is 1.88. The molecule has 2 rings (SSSR count). The average Bonchev–Trinajstić information content (AvgIpc) is 2.64. The number of β-amino-alcohol motifs (C(OH)–C–C–N with tert-alkyl or cyclic N) is 1. The Morgan fingerprint density at radius 3 is 2.25 bits per heavy atom. The number of alkyl halides is 3. The van der Waals surface area contributed by atoms with Gasteiger partial charge in [0.2, 0.25) is 0 Å². The third-order valence-electron chi connectivity index (χ3n) is 2.75. The lowest BCUT2D eigenvalue weighted by Crippen LogP contribution is -2.15. The number of hydrogen-bond acceptors (Lipinski definition) is 2. The lowest BCUT2D eigenvalue weighted by Gasteiger charge is -2.12. The van der Waals surface area contributed by atoms with E-state index in [1.807, 2.05) is 0 Å². The van der Waals surface area contributed by atoms with Gasteiger partial charge in [-0.2, -0.15) is 13.2 Å². The van der Waals surface area contributed by atoms with E-state index in [0.29, 0.717) is 13.0 Å². The van der Waals surface area contributed by atoms with Crippen molar-refractivity contribution in [1.29, 1.82) is 0 Å². The summed E-state index contributed by atoms with van der Waals surface area (Å²) in [6, 6.07) is 5.01. The quantitative estimate of drug-likeness (QED) is 0.775. The van der Waals surface area contributed by atoms with Gasteiger partial charge in [-0.05, 0) is 24.1 Å². The fraction of sp³-hybridized carbons (Fsp3) is 0.455. The normalized spacial score (nSPS) is 26.0. The Balaban J connectivity index is 2.14. The van der Waals surface area contributed by atoms with Gasteiger partial charge in [0.05, 0.1) is 11.7 Å². The number of nitrogens with one attached hydrogen (secondary N) is 1. The summed E-state index contributed by atoms with van der Waals surface area (Å²) in [5.74, 6) is 0. The van der Waals surface area contributed by atoms with Crippen LogP contribution in [0.25, 0.3) is 0 Å². The topological polar surface area (TPSA) is 32.3 Å². The van der Waals surface area contributed by atoms with Crippen molar-refractivity contribution in [3.8, 4) is 0 Å². The summed E-state index contributed by atoms with van der Waals surface area (Å²) in [5, 5.41) is 12.4. The van der Waals surface area contributed by atoms with E-state index in [0.717, 1.165) is 17.7 Å². The van der Waals surface area contributed by atoms with Crippen LogP contribution in [0, 0.1) is 0 Å². The molecule has 0 amide bonds. The molecule has 5 heteroatoms. The Labute approximate surface area is 91.1 Å². The summed E-state index contributed by atoms with van der Waals surface area (Å²) in [7, 11) is 0. The van der Waals surface area contributed by atoms with Crippen molar-refractivity contribution < 1.29 is 18.3 Å². The fourth-order valence-corrected chi connectivity index (χ4v) is 1.88. The molecule has 1 aliphatic heterocycles. The predicted molar refractivity (Wildman–Crippen MR) is 52.8 cm³/mol. The first kappa shape index (κ1) is 11.4. The second-order valence-electron chi connectivity index (χ2n) is 3.97. The summed E-state index contributed by atoms with van der Waals surface area (Å²) in [6.45, 7) is 0.492. The van der Waals surface area contributed by atoms with Crippen molar-refractivity contribution >= 4 is 0 Å². The summed E-state index contributed by atoms with van der Waals surface area (Å²) in [6.07, 6.45) is -4.15. The van der Waals surface area contributed by atoms with Crippen molar-refractivity contribution in [3.63, 3.8) is 0 Å². The SMILES string of the molecule is O[C@@H]1CN[C@@H](c2ccc(C(F)(F)F)cc2)C1. The molecule has 0 radical (unpaired) electrons. The molecule has 0 aromatic heterocycles. The largest absolute Gasteiger partial charge is 0.416 e. The van der Waals surface area contributed by atoms with Crippen LogP contribution in [0.2, 0.25) is 0 Å². The second kappa shape index (κ2) is 4.07. The maximum absolute atomic E-state index is 12.3. The molecular weight excluding hydrogens is 219 g/mol. The van der Waals surface area contributed by atoms with Gasteiger partial charge < -0.3 is 10.4 Å². The molecule has 2 nitrogen and oxygen atoms in total. The number of hydrogen-bond donors (Lipinski definition) is 2. The highest BCUT2D eigenvalue weighted by Crippen LogP contribution is 2.31. The van der Waals surface area contributed by atoms with Crippen LogP contribution in [0.3, 0.4) is 0 Å². The van der Waals surface area contributed by atoms with Gasteiger partial charge in [-0.25, -0.2) is 0 Å². The molecule has 1 heterocycles. The smallest absolute Gasteiger partial charge is 0.392 e. The Bertz CT molecular complexity index is 360. The van der Waals surface area contributed by atoms with Gasteiger partial charge in [-0.1, -0.05) is 12.1 Å². The Kier molecular flexibility index (Phi) is 2.90. The number of rotatable bonds is 1. The molecule has 1 aromatic carbocycles. The minimum atomic E-state index is -4.29. The van der Waals surface area contributed by atoms with Gasteiger partial charge in [0.1, 0.15) is 0 Å². The van der Waals surface area contributed by atoms with Gasteiger partial charge in [-0.15, -0.1) is 0 Å². The van der Waals surface area contributed by atoms with Crippen molar-refractivity contribution in [2.24, 2.45) is 0 Å². The Hall–Kier alpha value is -1.07. The standard InChI is InChI=1S/C11H12F3NO/c12-11(13,14)8-3-1-7(2-4-8)10-5-9(16)6-15-10/h1-4,9-10,15-16H,5-6H2/t9-,10+/m0/s1. The molecule has 16 heavy (non-hydrogen) atoms. The number of benzene rings is 1. The van der Waals surface area contributed by atoms with Gasteiger partial charge in [0.25, 0.3) is 0 Å². The van der Waals surface area contributed by atoms with Crippen molar-refractivity contribution in [1.82, 2.24) is 5.32 Å². The molecule has 0 bridgehead atoms. The highest BCUT2D eigenvalue weighted by atomic mass is 19.4. The zero-order valence-electron chi connectivity index (χ0n) is 8.46.